The van der Waals surface area contributed by atoms with E-state index in [2.05, 4.69) is 28.0 Å². The minimum Gasteiger partial charge on any atom is -0.354 e. The van der Waals surface area contributed by atoms with E-state index in [4.69, 9.17) is 28.6 Å². The Kier molecular flexibility index (Phi) is 8.99. The fraction of sp³-hybridized carbons (Fsp3) is 0.400. The molecule has 0 aromatic heterocycles. The van der Waals surface area contributed by atoms with Crippen LogP contribution in [0.1, 0.15) is 51.5 Å². The predicted octanol–water partition coefficient (Wildman–Crippen LogP) is 6.00. The van der Waals surface area contributed by atoms with Gasteiger partial charge in [0, 0.05) is 69.8 Å². The van der Waals surface area contributed by atoms with E-state index in [0.717, 1.165) is 41.8 Å². The van der Waals surface area contributed by atoms with Gasteiger partial charge in [0.05, 0.1) is 16.1 Å². The molecular formula is C35H39Cl2N5O2. The van der Waals surface area contributed by atoms with Gasteiger partial charge in [-0.3, -0.25) is 19.9 Å². The Bertz CT molecular complexity index is 1540. The summed E-state index contributed by atoms with van der Waals surface area (Å²) in [6, 6.07) is 22.0. The molecule has 3 aliphatic rings. The van der Waals surface area contributed by atoms with E-state index in [0.29, 0.717) is 72.5 Å². The van der Waals surface area contributed by atoms with Crippen molar-refractivity contribution in [1.29, 1.82) is 5.41 Å². The maximum atomic E-state index is 13.8. The van der Waals surface area contributed by atoms with Crippen LogP contribution in [0.3, 0.4) is 0 Å². The summed E-state index contributed by atoms with van der Waals surface area (Å²) in [5.74, 6) is 0.734. The molecule has 9 heteroatoms. The average molecular weight is 633 g/mol. The molecule has 3 aliphatic heterocycles. The molecule has 3 unspecified atom stereocenters. The number of halogens is 2. The molecule has 3 heterocycles. The number of carbonyl (C=O) groups excluding carboxylic acids is 2. The fourth-order valence-electron chi connectivity index (χ4n) is 7.18. The maximum Gasteiger partial charge on any atom is 0.254 e. The fourth-order valence-corrected chi connectivity index (χ4v) is 7.49. The molecule has 230 valence electrons. The van der Waals surface area contributed by atoms with E-state index >= 15 is 0 Å². The Morgan fingerprint density at radius 3 is 2.27 bits per heavy atom. The Labute approximate surface area is 269 Å². The van der Waals surface area contributed by atoms with Crippen LogP contribution < -0.4 is 0 Å². The summed E-state index contributed by atoms with van der Waals surface area (Å²) in [7, 11) is 0. The van der Waals surface area contributed by atoms with Gasteiger partial charge in [-0.1, -0.05) is 76.8 Å². The summed E-state index contributed by atoms with van der Waals surface area (Å²) >= 11 is 12.6. The number of amides is 2. The summed E-state index contributed by atoms with van der Waals surface area (Å²) < 4.78 is 0. The van der Waals surface area contributed by atoms with Gasteiger partial charge in [-0.2, -0.15) is 0 Å². The summed E-state index contributed by atoms with van der Waals surface area (Å²) in [6.45, 7) is 7.73. The Balaban J connectivity index is 1.10. The molecule has 2 bridgehead atoms. The van der Waals surface area contributed by atoms with Crippen molar-refractivity contribution in [3.05, 3.63) is 105 Å². The number of aryl methyl sites for hydroxylation is 2. The van der Waals surface area contributed by atoms with Gasteiger partial charge in [0.25, 0.3) is 5.91 Å². The molecule has 1 N–H and O–H groups in total. The van der Waals surface area contributed by atoms with Crippen molar-refractivity contribution >= 4 is 40.9 Å². The van der Waals surface area contributed by atoms with Crippen molar-refractivity contribution in [2.45, 2.75) is 51.2 Å². The van der Waals surface area contributed by atoms with Crippen LogP contribution in [0.25, 0.3) is 0 Å². The minimum absolute atomic E-state index is 0.0237. The Morgan fingerprint density at radius 1 is 0.841 bits per heavy atom. The smallest absolute Gasteiger partial charge is 0.254 e. The molecule has 3 fully saturated rings. The van der Waals surface area contributed by atoms with Gasteiger partial charge in [0.1, 0.15) is 5.84 Å². The van der Waals surface area contributed by atoms with Crippen molar-refractivity contribution in [1.82, 2.24) is 19.6 Å². The number of likely N-dealkylation sites (tertiary alicyclic amines) is 2. The van der Waals surface area contributed by atoms with Crippen molar-refractivity contribution in [2.24, 2.45) is 0 Å². The highest BCUT2D eigenvalue weighted by molar-refractivity contribution is 6.42. The van der Waals surface area contributed by atoms with Crippen LogP contribution in [0.2, 0.25) is 10.0 Å². The highest BCUT2D eigenvalue weighted by Crippen LogP contribution is 2.34. The number of amidine groups is 1. The molecule has 6 rings (SSSR count). The van der Waals surface area contributed by atoms with Gasteiger partial charge in [0.2, 0.25) is 5.91 Å². The first kappa shape index (κ1) is 30.6. The number of nitrogens with one attached hydrogen (secondary N) is 1. The molecule has 3 atom stereocenters. The number of fused-ring (bicyclic) bond motifs is 2. The average Bonchev–Trinajstić information content (AvgIpc) is 3.62. The van der Waals surface area contributed by atoms with E-state index in [9.17, 15) is 9.59 Å². The van der Waals surface area contributed by atoms with Crippen LogP contribution in [-0.2, 0) is 11.2 Å². The van der Waals surface area contributed by atoms with Crippen LogP contribution >= 0.6 is 23.2 Å². The molecule has 3 aromatic carbocycles. The lowest BCUT2D eigenvalue weighted by molar-refractivity contribution is -0.136. The lowest BCUT2D eigenvalue weighted by atomic mass is 10.00. The summed E-state index contributed by atoms with van der Waals surface area (Å²) in [4.78, 5) is 35.8. The second-order valence-electron chi connectivity index (χ2n) is 12.5. The largest absolute Gasteiger partial charge is 0.354 e. The third-order valence-electron chi connectivity index (χ3n) is 9.31. The quantitative estimate of drug-likeness (QED) is 0.256. The summed E-state index contributed by atoms with van der Waals surface area (Å²) in [5.41, 5.74) is 4.81. The normalized spacial score (nSPS) is 21.6. The molecule has 2 amide bonds. The molecule has 44 heavy (non-hydrogen) atoms. The van der Waals surface area contributed by atoms with Crippen LogP contribution in [0.15, 0.2) is 66.7 Å². The first-order valence-corrected chi connectivity index (χ1v) is 16.2. The predicted molar refractivity (Wildman–Crippen MR) is 176 cm³/mol. The molecular weight excluding hydrogens is 593 g/mol. The number of carbonyl (C=O) groups is 2. The topological polar surface area (TPSA) is 71.0 Å². The standard InChI is InChI=1S/C35H39Cl2N5O2/c1-23-14-24(2)16-27(15-23)35(44)40-12-13-41(32(22-40)26-8-9-30(36)31(37)18-26)34(43)10-11-39-20-29-19-28(39)21-42(29)33(38)17-25-6-4-3-5-7-25/h3-9,14-16,18,28-29,32,38H,10-13,17,19-22H2,1-2H3. The lowest BCUT2D eigenvalue weighted by Gasteiger charge is -2.42. The van der Waals surface area contributed by atoms with Crippen molar-refractivity contribution in [3.8, 4) is 0 Å². The number of benzene rings is 3. The second-order valence-corrected chi connectivity index (χ2v) is 13.3. The maximum absolute atomic E-state index is 13.8. The minimum atomic E-state index is -0.315. The zero-order chi connectivity index (χ0) is 31.0. The summed E-state index contributed by atoms with van der Waals surface area (Å²) in [5, 5.41) is 9.60. The van der Waals surface area contributed by atoms with E-state index < -0.39 is 0 Å². The Hall–Kier alpha value is -3.39. The van der Waals surface area contributed by atoms with Gasteiger partial charge < -0.3 is 14.7 Å². The first-order valence-electron chi connectivity index (χ1n) is 15.4. The van der Waals surface area contributed by atoms with Crippen LogP contribution in [0, 0.1) is 19.3 Å². The van der Waals surface area contributed by atoms with E-state index in [1.165, 1.54) is 0 Å². The molecule has 0 spiro atoms. The number of piperazine rings is 2. The van der Waals surface area contributed by atoms with Crippen LogP contribution in [0.5, 0.6) is 0 Å². The van der Waals surface area contributed by atoms with Crippen molar-refractivity contribution < 1.29 is 9.59 Å². The molecule has 3 aromatic rings. The number of hydrogen-bond acceptors (Lipinski definition) is 4. The van der Waals surface area contributed by atoms with Gasteiger partial charge in [-0.15, -0.1) is 0 Å². The van der Waals surface area contributed by atoms with Crippen LogP contribution in [0.4, 0.5) is 0 Å². The monoisotopic (exact) mass is 631 g/mol. The van der Waals surface area contributed by atoms with Crippen LogP contribution in [-0.4, -0.2) is 88.6 Å². The molecule has 3 saturated heterocycles. The summed E-state index contributed by atoms with van der Waals surface area (Å²) in [6.07, 6.45) is 2.10. The lowest BCUT2D eigenvalue weighted by Crippen LogP contribution is -2.53. The first-order chi connectivity index (χ1) is 21.2. The third-order valence-corrected chi connectivity index (χ3v) is 10.1. The Morgan fingerprint density at radius 2 is 1.59 bits per heavy atom. The highest BCUT2D eigenvalue weighted by Gasteiger charge is 2.44. The van der Waals surface area contributed by atoms with Gasteiger partial charge in [-0.05, 0) is 55.7 Å². The SMILES string of the molecule is Cc1cc(C)cc(C(=O)N2CCN(C(=O)CCN3CC4CC3CN4C(=N)Cc3ccccc3)C(c3ccc(Cl)c(Cl)c3)C2)c1. The van der Waals surface area contributed by atoms with E-state index in [1.54, 1.807) is 6.07 Å². The highest BCUT2D eigenvalue weighted by atomic mass is 35.5. The molecule has 0 aliphatic carbocycles. The number of nitrogens with zero attached hydrogens (tertiary/aromatic N) is 4. The van der Waals surface area contributed by atoms with Crippen molar-refractivity contribution in [2.75, 3.05) is 39.3 Å². The molecule has 7 nitrogen and oxygen atoms in total. The molecule has 0 saturated carbocycles. The van der Waals surface area contributed by atoms with Crippen molar-refractivity contribution in [3.63, 3.8) is 0 Å². The zero-order valence-corrected chi connectivity index (χ0v) is 26.8. The van der Waals surface area contributed by atoms with Gasteiger partial charge in [0.15, 0.2) is 0 Å². The third kappa shape index (κ3) is 6.51. The van der Waals surface area contributed by atoms with Gasteiger partial charge >= 0.3 is 0 Å². The van der Waals surface area contributed by atoms with E-state index in [1.807, 2.05) is 66.1 Å². The number of hydrogen-bond donors (Lipinski definition) is 1. The van der Waals surface area contributed by atoms with E-state index in [-0.39, 0.29) is 17.9 Å². The number of rotatable bonds is 7. The zero-order valence-electron chi connectivity index (χ0n) is 25.3. The molecule has 0 radical (unpaired) electrons. The van der Waals surface area contributed by atoms with Gasteiger partial charge in [-0.25, -0.2) is 0 Å². The second kappa shape index (κ2) is 12.9.